The van der Waals surface area contributed by atoms with Crippen molar-refractivity contribution in [2.75, 3.05) is 31.5 Å². The fourth-order valence-electron chi connectivity index (χ4n) is 4.08. The van der Waals surface area contributed by atoms with Crippen LogP contribution in [0.15, 0.2) is 24.3 Å². The molecule has 0 fully saturated rings. The van der Waals surface area contributed by atoms with E-state index in [1.54, 1.807) is 0 Å². The average Bonchev–Trinajstić information content (AvgIpc) is 3.12. The third-order valence-electron chi connectivity index (χ3n) is 5.85. The minimum Gasteiger partial charge on any atom is -0.371 e. The molecule has 0 saturated carbocycles. The number of fused-ring (bicyclic) bond motifs is 3. The fourth-order valence-corrected chi connectivity index (χ4v) is 4.08. The summed E-state index contributed by atoms with van der Waals surface area (Å²) in [6.07, 6.45) is 4.29. The van der Waals surface area contributed by atoms with Gasteiger partial charge in [-0.3, -0.25) is 4.40 Å². The lowest BCUT2D eigenvalue weighted by atomic mass is 9.99. The number of nitriles is 1. The number of pyridine rings is 1. The van der Waals surface area contributed by atoms with Crippen molar-refractivity contribution in [3.05, 3.63) is 41.0 Å². The number of unbranched alkanes of at least 4 members (excludes halogenated alkanes) is 1. The van der Waals surface area contributed by atoms with Crippen molar-refractivity contribution < 1.29 is 0 Å². The lowest BCUT2D eigenvalue weighted by Gasteiger charge is -2.21. The van der Waals surface area contributed by atoms with Gasteiger partial charge in [-0.1, -0.05) is 39.3 Å². The molecule has 3 rings (SSSR count). The summed E-state index contributed by atoms with van der Waals surface area (Å²) in [7, 11) is 0. The number of imidazole rings is 1. The van der Waals surface area contributed by atoms with Gasteiger partial charge in [-0.25, -0.2) is 4.98 Å². The number of rotatable bonds is 10. The maximum absolute atomic E-state index is 9.88. The molecular formula is C24H33N5. The van der Waals surface area contributed by atoms with Crippen LogP contribution in [0.2, 0.25) is 0 Å². The normalized spacial score (nSPS) is 11.4. The Morgan fingerprint density at radius 3 is 2.59 bits per heavy atom. The Morgan fingerprint density at radius 2 is 1.90 bits per heavy atom. The fraction of sp³-hybridized carbons (Fsp3) is 0.500. The second-order valence-corrected chi connectivity index (χ2v) is 7.61. The molecule has 2 heterocycles. The van der Waals surface area contributed by atoms with Crippen LogP contribution in [0.1, 0.15) is 56.7 Å². The highest BCUT2D eigenvalue weighted by Crippen LogP contribution is 2.32. The van der Waals surface area contributed by atoms with Crippen LogP contribution in [-0.4, -0.2) is 40.5 Å². The predicted octanol–water partition coefficient (Wildman–Crippen LogP) is 5.15. The Morgan fingerprint density at radius 1 is 1.14 bits per heavy atom. The van der Waals surface area contributed by atoms with E-state index in [0.717, 1.165) is 79.9 Å². The molecule has 1 aromatic carbocycles. The van der Waals surface area contributed by atoms with Crippen LogP contribution in [0.25, 0.3) is 16.7 Å². The Bertz CT molecular complexity index is 1010. The van der Waals surface area contributed by atoms with Gasteiger partial charge in [0.05, 0.1) is 16.6 Å². The first-order valence-electron chi connectivity index (χ1n) is 10.9. The van der Waals surface area contributed by atoms with Gasteiger partial charge in [-0.05, 0) is 69.1 Å². The van der Waals surface area contributed by atoms with E-state index in [4.69, 9.17) is 4.98 Å². The van der Waals surface area contributed by atoms with Crippen LogP contribution in [0.4, 0.5) is 5.82 Å². The summed E-state index contributed by atoms with van der Waals surface area (Å²) < 4.78 is 2.17. The monoisotopic (exact) mass is 391 g/mol. The van der Waals surface area contributed by atoms with Crippen molar-refractivity contribution in [2.24, 2.45) is 0 Å². The molecule has 5 heteroatoms. The molecule has 0 amide bonds. The van der Waals surface area contributed by atoms with Gasteiger partial charge in [-0.15, -0.1) is 0 Å². The number of nitrogens with zero attached hydrogens (tertiary/aromatic N) is 4. The summed E-state index contributed by atoms with van der Waals surface area (Å²) in [6, 6.07) is 10.6. The number of benzene rings is 1. The highest BCUT2D eigenvalue weighted by molar-refractivity contribution is 5.86. The van der Waals surface area contributed by atoms with Crippen LogP contribution < -0.4 is 5.32 Å². The first-order valence-corrected chi connectivity index (χ1v) is 10.9. The number of aromatic nitrogens is 2. The first kappa shape index (κ1) is 21.1. The maximum atomic E-state index is 9.88. The summed E-state index contributed by atoms with van der Waals surface area (Å²) in [5.74, 6) is 1.11. The minimum absolute atomic E-state index is 0.695. The zero-order chi connectivity index (χ0) is 20.8. The van der Waals surface area contributed by atoms with Crippen LogP contribution in [0, 0.1) is 18.3 Å². The van der Waals surface area contributed by atoms with Crippen LogP contribution in [0.5, 0.6) is 0 Å². The highest BCUT2D eigenvalue weighted by Gasteiger charge is 2.20. The topological polar surface area (TPSA) is 56.4 Å². The number of hydrogen-bond donors (Lipinski definition) is 1. The molecule has 0 spiro atoms. The van der Waals surface area contributed by atoms with E-state index in [1.807, 2.05) is 18.2 Å². The van der Waals surface area contributed by atoms with Gasteiger partial charge in [0.15, 0.2) is 5.65 Å². The Hall–Kier alpha value is -2.58. The molecule has 0 bridgehead atoms. The molecule has 0 unspecified atom stereocenters. The summed E-state index contributed by atoms with van der Waals surface area (Å²) >= 11 is 0. The summed E-state index contributed by atoms with van der Waals surface area (Å²) in [5, 5.41) is 13.6. The van der Waals surface area contributed by atoms with Crippen molar-refractivity contribution in [3.8, 4) is 6.07 Å². The highest BCUT2D eigenvalue weighted by atomic mass is 15.1. The summed E-state index contributed by atoms with van der Waals surface area (Å²) in [5.41, 5.74) is 5.76. The third kappa shape index (κ3) is 4.23. The molecule has 0 aliphatic carbocycles. The number of anilines is 1. The van der Waals surface area contributed by atoms with E-state index in [9.17, 15) is 5.26 Å². The zero-order valence-electron chi connectivity index (χ0n) is 18.3. The van der Waals surface area contributed by atoms with E-state index >= 15 is 0 Å². The van der Waals surface area contributed by atoms with Gasteiger partial charge >= 0.3 is 0 Å². The van der Waals surface area contributed by atoms with Crippen molar-refractivity contribution in [1.82, 2.24) is 14.3 Å². The quantitative estimate of drug-likeness (QED) is 0.485. The second-order valence-electron chi connectivity index (χ2n) is 7.61. The van der Waals surface area contributed by atoms with Crippen molar-refractivity contribution in [2.45, 2.75) is 53.4 Å². The molecule has 1 N–H and O–H groups in total. The van der Waals surface area contributed by atoms with Gasteiger partial charge in [0.25, 0.3) is 0 Å². The molecule has 0 radical (unpaired) electrons. The van der Waals surface area contributed by atoms with Crippen molar-refractivity contribution in [3.63, 3.8) is 0 Å². The molecule has 0 aliphatic rings. The maximum Gasteiger partial charge on any atom is 0.157 e. The molecule has 154 valence electrons. The van der Waals surface area contributed by atoms with Crippen LogP contribution in [-0.2, 0) is 6.42 Å². The standard InChI is InChI=1S/C24H33N5/c1-5-8-12-19-18(4)20(17-25)24-27-21-13-9-10-14-22(21)29(24)23(19)26-15-11-16-28(6-2)7-3/h9-10,13-14,26H,5-8,11-12,15-16H2,1-4H3. The van der Waals surface area contributed by atoms with Crippen LogP contribution >= 0.6 is 0 Å². The van der Waals surface area contributed by atoms with Gasteiger partial charge in [0.1, 0.15) is 11.9 Å². The van der Waals surface area contributed by atoms with Gasteiger partial charge < -0.3 is 10.2 Å². The molecule has 29 heavy (non-hydrogen) atoms. The second kappa shape index (κ2) is 9.76. The number of para-hydroxylation sites is 2. The molecule has 0 saturated heterocycles. The average molecular weight is 392 g/mol. The summed E-state index contributed by atoms with van der Waals surface area (Å²) in [4.78, 5) is 7.25. The van der Waals surface area contributed by atoms with E-state index in [0.29, 0.717) is 5.56 Å². The Kier molecular flexibility index (Phi) is 7.11. The number of nitrogens with one attached hydrogen (secondary N) is 1. The van der Waals surface area contributed by atoms with E-state index in [-0.39, 0.29) is 0 Å². The lowest BCUT2D eigenvalue weighted by Crippen LogP contribution is -2.25. The zero-order valence-corrected chi connectivity index (χ0v) is 18.3. The molecule has 5 nitrogen and oxygen atoms in total. The van der Waals surface area contributed by atoms with Crippen molar-refractivity contribution >= 4 is 22.5 Å². The third-order valence-corrected chi connectivity index (χ3v) is 5.85. The lowest BCUT2D eigenvalue weighted by molar-refractivity contribution is 0.303. The SMILES string of the molecule is CCCCc1c(C)c(C#N)c2nc3ccccc3n2c1NCCCN(CC)CC. The molecule has 0 aliphatic heterocycles. The van der Waals surface area contributed by atoms with Crippen molar-refractivity contribution in [1.29, 1.82) is 5.26 Å². The van der Waals surface area contributed by atoms with Gasteiger partial charge in [-0.2, -0.15) is 5.26 Å². The smallest absolute Gasteiger partial charge is 0.157 e. The largest absolute Gasteiger partial charge is 0.371 e. The van der Waals surface area contributed by atoms with E-state index in [2.05, 4.69) is 54.4 Å². The minimum atomic E-state index is 0.695. The van der Waals surface area contributed by atoms with Gasteiger partial charge in [0.2, 0.25) is 0 Å². The molecule has 2 aromatic heterocycles. The predicted molar refractivity (Wildman–Crippen MR) is 122 cm³/mol. The molecule has 3 aromatic rings. The Labute approximate surface area is 174 Å². The van der Waals surface area contributed by atoms with Gasteiger partial charge in [0, 0.05) is 6.54 Å². The van der Waals surface area contributed by atoms with Crippen LogP contribution in [0.3, 0.4) is 0 Å². The van der Waals surface area contributed by atoms with E-state index < -0.39 is 0 Å². The Balaban J connectivity index is 2.08. The number of hydrogen-bond acceptors (Lipinski definition) is 4. The molecule has 0 atom stereocenters. The first-order chi connectivity index (χ1) is 14.2. The summed E-state index contributed by atoms with van der Waals surface area (Å²) in [6.45, 7) is 12.9. The molecular weight excluding hydrogens is 358 g/mol. The van der Waals surface area contributed by atoms with E-state index in [1.165, 1.54) is 5.56 Å².